The third-order valence-corrected chi connectivity index (χ3v) is 6.40. The van der Waals surface area contributed by atoms with Crippen molar-refractivity contribution in [2.45, 2.75) is 62.8 Å². The lowest BCUT2D eigenvalue weighted by atomic mass is 9.86. The Kier molecular flexibility index (Phi) is 4.98. The molecule has 1 N–H and O–H groups in total. The van der Waals surface area contributed by atoms with Gasteiger partial charge in [0, 0.05) is 18.0 Å². The van der Waals surface area contributed by atoms with Gasteiger partial charge >= 0.3 is 0 Å². The Hall–Kier alpha value is -2.06. The summed E-state index contributed by atoms with van der Waals surface area (Å²) >= 11 is 0. The van der Waals surface area contributed by atoms with E-state index in [1.54, 1.807) is 12.3 Å². The molecule has 0 bridgehead atoms. The molecule has 0 aromatic carbocycles. The van der Waals surface area contributed by atoms with E-state index in [4.69, 9.17) is 9.47 Å². The molecule has 1 aromatic heterocycles. The number of hydrogen-bond acceptors (Lipinski definition) is 6. The van der Waals surface area contributed by atoms with Gasteiger partial charge in [0.1, 0.15) is 18.2 Å². The summed E-state index contributed by atoms with van der Waals surface area (Å²) in [5.41, 5.74) is 1.74. The SMILES string of the molecule is O=C(NC1COC2C1OCC2n1cc(CC2CCCCC2)nn1)C1=CC=NC1. The van der Waals surface area contributed by atoms with Gasteiger partial charge in [-0.05, 0) is 18.4 Å². The molecule has 1 amide bonds. The van der Waals surface area contributed by atoms with Crippen LogP contribution in [0.25, 0.3) is 0 Å². The largest absolute Gasteiger partial charge is 0.371 e. The van der Waals surface area contributed by atoms with E-state index in [0.717, 1.165) is 18.0 Å². The molecule has 8 heteroatoms. The van der Waals surface area contributed by atoms with Crippen LogP contribution in [-0.4, -0.2) is 65.1 Å². The van der Waals surface area contributed by atoms with Gasteiger partial charge in [-0.3, -0.25) is 9.79 Å². The first-order chi connectivity index (χ1) is 13.8. The molecule has 5 rings (SSSR count). The topological polar surface area (TPSA) is 90.6 Å². The highest BCUT2D eigenvalue weighted by molar-refractivity contribution is 5.99. The second kappa shape index (κ2) is 7.75. The van der Waals surface area contributed by atoms with Crippen LogP contribution >= 0.6 is 0 Å². The monoisotopic (exact) mass is 385 g/mol. The Morgan fingerprint density at radius 2 is 2.04 bits per heavy atom. The Bertz CT molecular complexity index is 783. The molecule has 4 heterocycles. The fourth-order valence-electron chi connectivity index (χ4n) is 4.84. The molecular weight excluding hydrogens is 358 g/mol. The summed E-state index contributed by atoms with van der Waals surface area (Å²) in [5.74, 6) is 0.650. The number of aromatic nitrogens is 3. The predicted octanol–water partition coefficient (Wildman–Crippen LogP) is 1.24. The highest BCUT2D eigenvalue weighted by Gasteiger charge is 2.49. The maximum absolute atomic E-state index is 12.3. The van der Waals surface area contributed by atoms with Crippen LogP contribution in [0.3, 0.4) is 0 Å². The van der Waals surface area contributed by atoms with Gasteiger partial charge in [-0.15, -0.1) is 5.10 Å². The van der Waals surface area contributed by atoms with Gasteiger partial charge in [-0.1, -0.05) is 37.3 Å². The smallest absolute Gasteiger partial charge is 0.249 e. The Labute approximate surface area is 164 Å². The number of ether oxygens (including phenoxy) is 2. The van der Waals surface area contributed by atoms with Crippen molar-refractivity contribution in [3.05, 3.63) is 23.5 Å². The number of nitrogens with zero attached hydrogens (tertiary/aromatic N) is 4. The number of rotatable bonds is 5. The fourth-order valence-corrected chi connectivity index (χ4v) is 4.84. The summed E-state index contributed by atoms with van der Waals surface area (Å²) in [5, 5.41) is 11.8. The molecule has 4 aliphatic rings. The van der Waals surface area contributed by atoms with Crippen LogP contribution in [0.2, 0.25) is 0 Å². The second-order valence-corrected chi connectivity index (χ2v) is 8.32. The second-order valence-electron chi connectivity index (χ2n) is 8.32. The number of carbonyl (C=O) groups excluding carboxylic acids is 1. The molecule has 1 aromatic rings. The first kappa shape index (κ1) is 18.0. The van der Waals surface area contributed by atoms with E-state index in [1.165, 1.54) is 32.1 Å². The van der Waals surface area contributed by atoms with Crippen molar-refractivity contribution in [1.29, 1.82) is 0 Å². The molecule has 1 aliphatic carbocycles. The van der Waals surface area contributed by atoms with Crippen molar-refractivity contribution in [3.63, 3.8) is 0 Å². The molecule has 3 aliphatic heterocycles. The molecule has 4 unspecified atom stereocenters. The minimum absolute atomic E-state index is 0.00790. The zero-order valence-corrected chi connectivity index (χ0v) is 16.0. The van der Waals surface area contributed by atoms with Crippen LogP contribution < -0.4 is 5.32 Å². The van der Waals surface area contributed by atoms with Crippen LogP contribution in [0.5, 0.6) is 0 Å². The molecular formula is C20H27N5O3. The van der Waals surface area contributed by atoms with Crippen molar-refractivity contribution in [2.24, 2.45) is 10.9 Å². The average Bonchev–Trinajstić information content (AvgIpc) is 3.49. The highest BCUT2D eigenvalue weighted by Crippen LogP contribution is 2.34. The number of allylic oxidation sites excluding steroid dienone is 1. The number of nitrogens with one attached hydrogen (secondary N) is 1. The van der Waals surface area contributed by atoms with Crippen molar-refractivity contribution in [1.82, 2.24) is 20.3 Å². The van der Waals surface area contributed by atoms with Gasteiger partial charge in [0.2, 0.25) is 5.91 Å². The van der Waals surface area contributed by atoms with Gasteiger partial charge in [-0.25, -0.2) is 4.68 Å². The van der Waals surface area contributed by atoms with Crippen LogP contribution in [0, 0.1) is 5.92 Å². The van der Waals surface area contributed by atoms with Crippen LogP contribution in [0.15, 0.2) is 22.8 Å². The lowest BCUT2D eigenvalue weighted by Crippen LogP contribution is -2.44. The third-order valence-electron chi connectivity index (χ3n) is 6.40. The number of aliphatic imine (C=N–C) groups is 1. The fraction of sp³-hybridized carbons (Fsp3) is 0.700. The summed E-state index contributed by atoms with van der Waals surface area (Å²) in [6, 6.07) is -0.136. The lowest BCUT2D eigenvalue weighted by Gasteiger charge is -2.20. The Balaban J connectivity index is 1.20. The van der Waals surface area contributed by atoms with Crippen LogP contribution in [0.4, 0.5) is 0 Å². The third kappa shape index (κ3) is 3.51. The predicted molar refractivity (Wildman–Crippen MR) is 102 cm³/mol. The van der Waals surface area contributed by atoms with Gasteiger partial charge in [0.05, 0.1) is 31.5 Å². The van der Waals surface area contributed by atoms with E-state index in [0.29, 0.717) is 25.3 Å². The van der Waals surface area contributed by atoms with Crippen molar-refractivity contribution in [2.75, 3.05) is 19.8 Å². The standard InChI is InChI=1S/C20H27N5O3/c26-20(14-6-7-21-9-14)22-16-11-27-19-17(12-28-18(16)19)25-10-15(23-24-25)8-13-4-2-1-3-5-13/h6-7,10,13,16-19H,1-5,8-9,11-12H2,(H,22,26). The number of fused-ring (bicyclic) bond motifs is 1. The summed E-state index contributed by atoms with van der Waals surface area (Å²) < 4.78 is 13.9. The number of hydrogen-bond donors (Lipinski definition) is 1. The molecule has 8 nitrogen and oxygen atoms in total. The quantitative estimate of drug-likeness (QED) is 0.823. The highest BCUT2D eigenvalue weighted by atomic mass is 16.6. The van der Waals surface area contributed by atoms with Gasteiger partial charge in [0.15, 0.2) is 0 Å². The molecule has 1 saturated carbocycles. The van der Waals surface area contributed by atoms with E-state index >= 15 is 0 Å². The first-order valence-corrected chi connectivity index (χ1v) is 10.4. The maximum atomic E-state index is 12.3. The lowest BCUT2D eigenvalue weighted by molar-refractivity contribution is -0.118. The molecule has 0 spiro atoms. The number of amides is 1. The van der Waals surface area contributed by atoms with Crippen molar-refractivity contribution >= 4 is 12.1 Å². The van der Waals surface area contributed by atoms with Crippen LogP contribution in [-0.2, 0) is 20.7 Å². The average molecular weight is 385 g/mol. The molecule has 3 fully saturated rings. The minimum Gasteiger partial charge on any atom is -0.371 e. The summed E-state index contributed by atoms with van der Waals surface area (Å²) in [6.07, 6.45) is 12.9. The van der Waals surface area contributed by atoms with Gasteiger partial charge < -0.3 is 14.8 Å². The van der Waals surface area contributed by atoms with E-state index < -0.39 is 0 Å². The Morgan fingerprint density at radius 3 is 2.86 bits per heavy atom. The zero-order valence-electron chi connectivity index (χ0n) is 16.0. The normalized spacial score (nSPS) is 32.5. The summed E-state index contributed by atoms with van der Waals surface area (Å²) in [6.45, 7) is 1.43. The Morgan fingerprint density at radius 1 is 1.18 bits per heavy atom. The van der Waals surface area contributed by atoms with Crippen molar-refractivity contribution < 1.29 is 14.3 Å². The molecule has 2 saturated heterocycles. The van der Waals surface area contributed by atoms with E-state index in [1.807, 2.05) is 4.68 Å². The van der Waals surface area contributed by atoms with Crippen molar-refractivity contribution in [3.8, 4) is 0 Å². The van der Waals surface area contributed by atoms with E-state index in [2.05, 4.69) is 26.8 Å². The molecule has 4 atom stereocenters. The number of carbonyl (C=O) groups is 1. The molecule has 28 heavy (non-hydrogen) atoms. The molecule has 150 valence electrons. The maximum Gasteiger partial charge on any atom is 0.249 e. The van der Waals surface area contributed by atoms with E-state index in [9.17, 15) is 4.79 Å². The summed E-state index contributed by atoms with van der Waals surface area (Å²) in [4.78, 5) is 16.4. The van der Waals surface area contributed by atoms with E-state index in [-0.39, 0.29) is 30.2 Å². The molecule has 0 radical (unpaired) electrons. The van der Waals surface area contributed by atoms with Crippen LogP contribution in [0.1, 0.15) is 43.8 Å². The van der Waals surface area contributed by atoms with Gasteiger partial charge in [0.25, 0.3) is 0 Å². The zero-order chi connectivity index (χ0) is 18.9. The minimum atomic E-state index is -0.150. The van der Waals surface area contributed by atoms with Gasteiger partial charge in [-0.2, -0.15) is 0 Å². The first-order valence-electron chi connectivity index (χ1n) is 10.4. The summed E-state index contributed by atoms with van der Waals surface area (Å²) in [7, 11) is 0.